The van der Waals surface area contributed by atoms with Crippen LogP contribution in [0, 0.1) is 0 Å². The zero-order valence-corrected chi connectivity index (χ0v) is 9.26. The lowest BCUT2D eigenvalue weighted by molar-refractivity contribution is 0.282. The molecule has 17 heavy (non-hydrogen) atoms. The van der Waals surface area contributed by atoms with Gasteiger partial charge in [0, 0.05) is 10.9 Å². The molecular formula is C15H12O2. The maximum absolute atomic E-state index is 9.01. The molecule has 0 spiro atoms. The molecular weight excluding hydrogens is 212 g/mol. The van der Waals surface area contributed by atoms with Gasteiger partial charge in [0.25, 0.3) is 0 Å². The van der Waals surface area contributed by atoms with E-state index >= 15 is 0 Å². The number of furan rings is 1. The SMILES string of the molecule is OCc1ccc(-c2coc3ccccc23)cc1. The Morgan fingerprint density at radius 2 is 1.71 bits per heavy atom. The first-order valence-electron chi connectivity index (χ1n) is 5.55. The number of para-hydroxylation sites is 1. The molecule has 0 saturated carbocycles. The molecule has 3 aromatic rings. The molecule has 0 unspecified atom stereocenters. The third-order valence-electron chi connectivity index (χ3n) is 2.93. The molecule has 0 aliphatic carbocycles. The second kappa shape index (κ2) is 4.07. The summed E-state index contributed by atoms with van der Waals surface area (Å²) in [6.45, 7) is 0.0758. The third kappa shape index (κ3) is 1.73. The van der Waals surface area contributed by atoms with Crippen molar-refractivity contribution in [1.82, 2.24) is 0 Å². The van der Waals surface area contributed by atoms with Crippen LogP contribution in [0.25, 0.3) is 22.1 Å². The standard InChI is InChI=1S/C15H12O2/c16-9-11-5-7-12(8-6-11)14-10-17-15-4-2-1-3-13(14)15/h1-8,10,16H,9H2. The molecule has 0 fully saturated rings. The molecule has 2 heteroatoms. The van der Waals surface area contributed by atoms with Crippen LogP contribution >= 0.6 is 0 Å². The van der Waals surface area contributed by atoms with Gasteiger partial charge in [-0.25, -0.2) is 0 Å². The molecule has 0 radical (unpaired) electrons. The Kier molecular flexibility index (Phi) is 2.42. The molecule has 1 N–H and O–H groups in total. The van der Waals surface area contributed by atoms with Crippen LogP contribution in [0.3, 0.4) is 0 Å². The number of rotatable bonds is 2. The second-order valence-electron chi connectivity index (χ2n) is 4.00. The molecule has 0 amide bonds. The molecule has 1 aromatic heterocycles. The van der Waals surface area contributed by atoms with Crippen molar-refractivity contribution in [3.05, 3.63) is 60.4 Å². The van der Waals surface area contributed by atoms with Gasteiger partial charge in [0.15, 0.2) is 0 Å². The van der Waals surface area contributed by atoms with Gasteiger partial charge in [-0.05, 0) is 17.2 Å². The quantitative estimate of drug-likeness (QED) is 0.721. The van der Waals surface area contributed by atoms with Gasteiger partial charge in [0.2, 0.25) is 0 Å². The molecule has 0 aliphatic heterocycles. The zero-order chi connectivity index (χ0) is 11.7. The van der Waals surface area contributed by atoms with Crippen LogP contribution in [0.1, 0.15) is 5.56 Å². The monoisotopic (exact) mass is 224 g/mol. The summed E-state index contributed by atoms with van der Waals surface area (Å²) in [5.74, 6) is 0. The summed E-state index contributed by atoms with van der Waals surface area (Å²) in [5, 5.41) is 10.1. The van der Waals surface area contributed by atoms with Crippen molar-refractivity contribution < 1.29 is 9.52 Å². The highest BCUT2D eigenvalue weighted by Gasteiger charge is 2.06. The van der Waals surface area contributed by atoms with Gasteiger partial charge in [-0.3, -0.25) is 0 Å². The number of aliphatic hydroxyl groups excluding tert-OH is 1. The highest BCUT2D eigenvalue weighted by molar-refractivity contribution is 5.93. The summed E-state index contributed by atoms with van der Waals surface area (Å²) in [4.78, 5) is 0. The Hall–Kier alpha value is -2.06. The van der Waals surface area contributed by atoms with Gasteiger partial charge in [0.1, 0.15) is 5.58 Å². The van der Waals surface area contributed by atoms with E-state index in [1.807, 2.05) is 48.5 Å². The van der Waals surface area contributed by atoms with E-state index in [2.05, 4.69) is 0 Å². The minimum Gasteiger partial charge on any atom is -0.464 e. The number of hydrogen-bond acceptors (Lipinski definition) is 2. The van der Waals surface area contributed by atoms with Crippen molar-refractivity contribution in [2.75, 3.05) is 0 Å². The van der Waals surface area contributed by atoms with E-state index in [1.54, 1.807) is 6.26 Å². The fourth-order valence-electron chi connectivity index (χ4n) is 1.99. The number of fused-ring (bicyclic) bond motifs is 1. The zero-order valence-electron chi connectivity index (χ0n) is 9.26. The minimum atomic E-state index is 0.0758. The van der Waals surface area contributed by atoms with Crippen molar-refractivity contribution in [3.8, 4) is 11.1 Å². The largest absolute Gasteiger partial charge is 0.464 e. The maximum atomic E-state index is 9.01. The van der Waals surface area contributed by atoms with Crippen LogP contribution in [0.4, 0.5) is 0 Å². The fourth-order valence-corrected chi connectivity index (χ4v) is 1.99. The summed E-state index contributed by atoms with van der Waals surface area (Å²) < 4.78 is 5.51. The number of benzene rings is 2. The highest BCUT2D eigenvalue weighted by Crippen LogP contribution is 2.30. The van der Waals surface area contributed by atoms with E-state index in [-0.39, 0.29) is 6.61 Å². The molecule has 84 valence electrons. The molecule has 0 saturated heterocycles. The third-order valence-corrected chi connectivity index (χ3v) is 2.93. The Labute approximate surface area is 99.1 Å². The average Bonchev–Trinajstić information content (AvgIpc) is 2.83. The van der Waals surface area contributed by atoms with Crippen molar-refractivity contribution >= 4 is 11.0 Å². The van der Waals surface area contributed by atoms with Gasteiger partial charge >= 0.3 is 0 Å². The number of hydrogen-bond donors (Lipinski definition) is 1. The van der Waals surface area contributed by atoms with Crippen LogP contribution in [-0.4, -0.2) is 5.11 Å². The topological polar surface area (TPSA) is 33.4 Å². The van der Waals surface area contributed by atoms with Crippen LogP contribution in [0.15, 0.2) is 59.2 Å². The maximum Gasteiger partial charge on any atom is 0.134 e. The van der Waals surface area contributed by atoms with E-state index in [9.17, 15) is 0 Å². The normalized spacial score (nSPS) is 10.9. The summed E-state index contributed by atoms with van der Waals surface area (Å²) in [6.07, 6.45) is 1.78. The Morgan fingerprint density at radius 1 is 0.941 bits per heavy atom. The van der Waals surface area contributed by atoms with Crippen LogP contribution in [0.2, 0.25) is 0 Å². The van der Waals surface area contributed by atoms with Crippen LogP contribution < -0.4 is 0 Å². The fraction of sp³-hybridized carbons (Fsp3) is 0.0667. The number of aliphatic hydroxyl groups is 1. The molecule has 1 heterocycles. The predicted octanol–water partition coefficient (Wildman–Crippen LogP) is 3.59. The van der Waals surface area contributed by atoms with Crippen molar-refractivity contribution in [2.45, 2.75) is 6.61 Å². The molecule has 2 nitrogen and oxygen atoms in total. The summed E-state index contributed by atoms with van der Waals surface area (Å²) in [7, 11) is 0. The van der Waals surface area contributed by atoms with Gasteiger partial charge in [-0.15, -0.1) is 0 Å². The first-order chi connectivity index (χ1) is 8.38. The molecule has 3 rings (SSSR count). The van der Waals surface area contributed by atoms with Gasteiger partial charge < -0.3 is 9.52 Å². The lowest BCUT2D eigenvalue weighted by Crippen LogP contribution is -1.82. The van der Waals surface area contributed by atoms with Crippen LogP contribution in [-0.2, 0) is 6.61 Å². The first-order valence-corrected chi connectivity index (χ1v) is 5.55. The van der Waals surface area contributed by atoms with Gasteiger partial charge in [-0.2, -0.15) is 0 Å². The van der Waals surface area contributed by atoms with E-state index in [1.165, 1.54) is 0 Å². The lowest BCUT2D eigenvalue weighted by atomic mass is 10.0. The Morgan fingerprint density at radius 3 is 2.47 bits per heavy atom. The first kappa shape index (κ1) is 10.1. The van der Waals surface area contributed by atoms with E-state index in [0.29, 0.717) is 0 Å². The minimum absolute atomic E-state index is 0.0758. The van der Waals surface area contributed by atoms with Gasteiger partial charge in [-0.1, -0.05) is 42.5 Å². The highest BCUT2D eigenvalue weighted by atomic mass is 16.3. The van der Waals surface area contributed by atoms with Crippen LogP contribution in [0.5, 0.6) is 0 Å². The van der Waals surface area contributed by atoms with Crippen molar-refractivity contribution in [3.63, 3.8) is 0 Å². The van der Waals surface area contributed by atoms with E-state index < -0.39 is 0 Å². The summed E-state index contributed by atoms with van der Waals surface area (Å²) >= 11 is 0. The van der Waals surface area contributed by atoms with Crippen molar-refractivity contribution in [2.24, 2.45) is 0 Å². The molecule has 0 bridgehead atoms. The molecule has 2 aromatic carbocycles. The van der Waals surface area contributed by atoms with E-state index in [4.69, 9.17) is 9.52 Å². The summed E-state index contributed by atoms with van der Waals surface area (Å²) in [5.41, 5.74) is 4.01. The lowest BCUT2D eigenvalue weighted by Gasteiger charge is -2.00. The van der Waals surface area contributed by atoms with Crippen molar-refractivity contribution in [1.29, 1.82) is 0 Å². The molecule has 0 aliphatic rings. The summed E-state index contributed by atoms with van der Waals surface area (Å²) in [6, 6.07) is 15.8. The van der Waals surface area contributed by atoms with E-state index in [0.717, 1.165) is 27.7 Å². The Balaban J connectivity index is 2.13. The Bertz CT molecular complexity index is 635. The predicted molar refractivity (Wildman–Crippen MR) is 67.6 cm³/mol. The average molecular weight is 224 g/mol. The second-order valence-corrected chi connectivity index (χ2v) is 4.00. The molecule has 0 atom stereocenters. The van der Waals surface area contributed by atoms with Gasteiger partial charge in [0.05, 0.1) is 12.9 Å². The smallest absolute Gasteiger partial charge is 0.134 e.